The van der Waals surface area contributed by atoms with E-state index >= 15 is 0 Å². The van der Waals surface area contributed by atoms with E-state index in [1.165, 1.54) is 10.6 Å². The molecule has 10 heteroatoms. The summed E-state index contributed by atoms with van der Waals surface area (Å²) in [5.74, 6) is 0.948. The third-order valence-electron chi connectivity index (χ3n) is 5.48. The number of fused-ring (bicyclic) bond motifs is 1. The van der Waals surface area contributed by atoms with E-state index in [4.69, 9.17) is 16.3 Å². The summed E-state index contributed by atoms with van der Waals surface area (Å²) in [7, 11) is 0. The first kappa shape index (κ1) is 19.2. The summed E-state index contributed by atoms with van der Waals surface area (Å²) in [6.45, 7) is 9.27. The molecule has 2 saturated heterocycles. The van der Waals surface area contributed by atoms with Crippen LogP contribution in [0, 0.1) is 0 Å². The van der Waals surface area contributed by atoms with Crippen LogP contribution in [0.1, 0.15) is 10.6 Å². The fraction of sp³-hybridized carbons (Fsp3) is 0.526. The Morgan fingerprint density at radius 2 is 1.79 bits per heavy atom. The summed E-state index contributed by atoms with van der Waals surface area (Å²) in [5.41, 5.74) is 2.12. The highest BCUT2D eigenvalue weighted by molar-refractivity contribution is 7.19. The topological polar surface area (TPSA) is 73.4 Å². The first-order valence-corrected chi connectivity index (χ1v) is 11.1. The van der Waals surface area contributed by atoms with Crippen molar-refractivity contribution in [2.75, 3.05) is 57.4 Å². The van der Waals surface area contributed by atoms with Gasteiger partial charge in [-0.2, -0.15) is 4.98 Å². The molecule has 0 spiro atoms. The molecule has 3 aromatic heterocycles. The lowest BCUT2D eigenvalue weighted by Gasteiger charge is -2.34. The number of nitrogens with zero attached hydrogens (tertiary/aromatic N) is 6. The Morgan fingerprint density at radius 3 is 2.52 bits per heavy atom. The number of aromatic nitrogens is 4. The first-order chi connectivity index (χ1) is 14.2. The fourth-order valence-corrected chi connectivity index (χ4v) is 5.27. The molecular formula is C19H24ClN7OS. The van der Waals surface area contributed by atoms with Gasteiger partial charge in [0.05, 0.1) is 29.8 Å². The molecule has 154 valence electrons. The average Bonchev–Trinajstić information content (AvgIpc) is 3.39. The molecule has 8 nitrogen and oxygen atoms in total. The highest BCUT2D eigenvalue weighted by atomic mass is 35.5. The van der Waals surface area contributed by atoms with Gasteiger partial charge in [-0.15, -0.1) is 11.3 Å². The van der Waals surface area contributed by atoms with Crippen molar-refractivity contribution in [2.45, 2.75) is 13.1 Å². The van der Waals surface area contributed by atoms with Gasteiger partial charge in [0.2, 0.25) is 5.28 Å². The number of hydrogen-bond acceptors (Lipinski definition) is 8. The molecular weight excluding hydrogens is 410 g/mol. The number of thiophene rings is 1. The van der Waals surface area contributed by atoms with E-state index in [1.807, 2.05) is 6.20 Å². The second kappa shape index (κ2) is 8.53. The zero-order valence-electron chi connectivity index (χ0n) is 16.2. The molecule has 0 amide bonds. The monoisotopic (exact) mass is 433 g/mol. The molecule has 2 aliphatic heterocycles. The van der Waals surface area contributed by atoms with Crippen LogP contribution in [0.2, 0.25) is 5.28 Å². The van der Waals surface area contributed by atoms with Gasteiger partial charge in [0.15, 0.2) is 5.82 Å². The predicted molar refractivity (Wildman–Crippen MR) is 115 cm³/mol. The minimum Gasteiger partial charge on any atom is -0.378 e. The third kappa shape index (κ3) is 4.39. The minimum atomic E-state index is 0.316. The van der Waals surface area contributed by atoms with Crippen LogP contribution < -0.4 is 4.90 Å². The smallest absolute Gasteiger partial charge is 0.224 e. The summed E-state index contributed by atoms with van der Waals surface area (Å²) < 4.78 is 6.61. The first-order valence-electron chi connectivity index (χ1n) is 9.95. The van der Waals surface area contributed by atoms with Gasteiger partial charge in [0.1, 0.15) is 0 Å². The van der Waals surface area contributed by atoms with Gasteiger partial charge in [-0.3, -0.25) is 9.80 Å². The van der Waals surface area contributed by atoms with E-state index < -0.39 is 0 Å². The van der Waals surface area contributed by atoms with Crippen LogP contribution in [0.5, 0.6) is 0 Å². The number of ether oxygens (including phenoxy) is 1. The number of hydrogen-bond donors (Lipinski definition) is 1. The lowest BCUT2D eigenvalue weighted by atomic mass is 10.3. The number of imidazole rings is 1. The molecule has 0 unspecified atom stereocenters. The van der Waals surface area contributed by atoms with E-state index in [-0.39, 0.29) is 0 Å². The molecule has 0 aromatic carbocycles. The van der Waals surface area contributed by atoms with Crippen LogP contribution in [0.3, 0.4) is 0 Å². The van der Waals surface area contributed by atoms with Crippen molar-refractivity contribution in [1.82, 2.24) is 29.7 Å². The molecule has 0 aliphatic carbocycles. The lowest BCUT2D eigenvalue weighted by molar-refractivity contribution is 0.122. The molecule has 5 rings (SSSR count). The Hall–Kier alpha value is -1.78. The number of rotatable bonds is 5. The summed E-state index contributed by atoms with van der Waals surface area (Å²) in [6.07, 6.45) is 3.65. The molecule has 2 aliphatic rings. The van der Waals surface area contributed by atoms with Crippen molar-refractivity contribution in [2.24, 2.45) is 0 Å². The van der Waals surface area contributed by atoms with Crippen molar-refractivity contribution in [3.8, 4) is 0 Å². The number of morpholine rings is 1. The number of anilines is 1. The molecule has 0 bridgehead atoms. The van der Waals surface area contributed by atoms with Gasteiger partial charge in [-0.1, -0.05) is 0 Å². The van der Waals surface area contributed by atoms with E-state index in [0.29, 0.717) is 5.28 Å². The molecule has 2 fully saturated rings. The fourth-order valence-electron chi connectivity index (χ4n) is 3.94. The molecule has 29 heavy (non-hydrogen) atoms. The van der Waals surface area contributed by atoms with Crippen LogP contribution in [-0.4, -0.2) is 82.2 Å². The SMILES string of the molecule is Clc1nc(N2CCOCC2)c2sc(CN3CCN(Cc4cnc[nH]4)CC3)cc2n1. The van der Waals surface area contributed by atoms with Crippen molar-refractivity contribution in [3.05, 3.63) is 34.4 Å². The molecule has 5 heterocycles. The van der Waals surface area contributed by atoms with Crippen LogP contribution in [0.4, 0.5) is 5.82 Å². The predicted octanol–water partition coefficient (Wildman–Crippen LogP) is 2.22. The third-order valence-corrected chi connectivity index (χ3v) is 6.76. The van der Waals surface area contributed by atoms with Crippen molar-refractivity contribution < 1.29 is 4.74 Å². The van der Waals surface area contributed by atoms with Gasteiger partial charge in [0, 0.05) is 69.1 Å². The normalized spacial score (nSPS) is 19.3. The zero-order chi connectivity index (χ0) is 19.6. The molecule has 0 saturated carbocycles. The van der Waals surface area contributed by atoms with Gasteiger partial charge in [-0.25, -0.2) is 9.97 Å². The Bertz CT molecular complexity index is 949. The minimum absolute atomic E-state index is 0.316. The maximum absolute atomic E-state index is 6.22. The molecule has 3 aromatic rings. The van der Waals surface area contributed by atoms with Crippen LogP contribution >= 0.6 is 22.9 Å². The summed E-state index contributed by atoms with van der Waals surface area (Å²) >= 11 is 8.01. The molecule has 1 N–H and O–H groups in total. The lowest BCUT2D eigenvalue weighted by Crippen LogP contribution is -2.45. The Balaban J connectivity index is 1.26. The van der Waals surface area contributed by atoms with E-state index in [1.54, 1.807) is 17.7 Å². The highest BCUT2D eigenvalue weighted by Crippen LogP contribution is 2.34. The van der Waals surface area contributed by atoms with E-state index in [2.05, 4.69) is 40.7 Å². The quantitative estimate of drug-likeness (QED) is 0.618. The van der Waals surface area contributed by atoms with Gasteiger partial charge in [0.25, 0.3) is 0 Å². The summed E-state index contributed by atoms with van der Waals surface area (Å²) in [5, 5.41) is 0.316. The Labute approximate surface area is 178 Å². The number of aromatic amines is 1. The van der Waals surface area contributed by atoms with Gasteiger partial charge >= 0.3 is 0 Å². The van der Waals surface area contributed by atoms with E-state index in [9.17, 15) is 0 Å². The van der Waals surface area contributed by atoms with Crippen molar-refractivity contribution >= 4 is 39.0 Å². The van der Waals surface area contributed by atoms with Crippen molar-refractivity contribution in [1.29, 1.82) is 0 Å². The zero-order valence-corrected chi connectivity index (χ0v) is 17.8. The average molecular weight is 434 g/mol. The highest BCUT2D eigenvalue weighted by Gasteiger charge is 2.21. The van der Waals surface area contributed by atoms with Crippen LogP contribution in [0.15, 0.2) is 18.6 Å². The maximum atomic E-state index is 6.22. The van der Waals surface area contributed by atoms with Gasteiger partial charge < -0.3 is 14.6 Å². The number of H-pyrrole nitrogens is 1. The van der Waals surface area contributed by atoms with Crippen LogP contribution in [0.25, 0.3) is 10.2 Å². The number of nitrogens with one attached hydrogen (secondary N) is 1. The maximum Gasteiger partial charge on any atom is 0.224 e. The van der Waals surface area contributed by atoms with Crippen LogP contribution in [-0.2, 0) is 17.8 Å². The largest absolute Gasteiger partial charge is 0.378 e. The summed E-state index contributed by atoms with van der Waals surface area (Å²) in [4.78, 5) is 24.8. The summed E-state index contributed by atoms with van der Waals surface area (Å²) in [6, 6.07) is 2.18. The molecule has 0 radical (unpaired) electrons. The second-order valence-corrected chi connectivity index (χ2v) is 8.95. The standard InChI is InChI=1S/C19H24ClN7OS/c20-19-23-16-9-15(29-17(16)18(24-19)27-5-7-28-8-6-27)12-26-3-1-25(2-4-26)11-14-10-21-13-22-14/h9-10,13H,1-8,11-12H2,(H,21,22). The Kier molecular flexibility index (Phi) is 5.65. The molecule has 0 atom stereocenters. The Morgan fingerprint density at radius 1 is 1.03 bits per heavy atom. The number of piperazine rings is 1. The second-order valence-electron chi connectivity index (χ2n) is 7.47. The number of halogens is 1. The van der Waals surface area contributed by atoms with Crippen molar-refractivity contribution in [3.63, 3.8) is 0 Å². The van der Waals surface area contributed by atoms with Gasteiger partial charge in [-0.05, 0) is 17.7 Å². The van der Waals surface area contributed by atoms with E-state index in [0.717, 1.165) is 81.6 Å².